The number of fused-ring (bicyclic) bond motifs is 1. The number of aromatic hydroxyl groups is 1. The summed E-state index contributed by atoms with van der Waals surface area (Å²) in [5.74, 6) is 0.438. The highest BCUT2D eigenvalue weighted by molar-refractivity contribution is 5.88. The fourth-order valence-electron chi connectivity index (χ4n) is 3.63. The van der Waals surface area contributed by atoms with Crippen LogP contribution >= 0.6 is 0 Å². The van der Waals surface area contributed by atoms with Crippen molar-refractivity contribution in [3.05, 3.63) is 71.8 Å². The van der Waals surface area contributed by atoms with E-state index >= 15 is 0 Å². The average Bonchev–Trinajstić information content (AvgIpc) is 2.79. The summed E-state index contributed by atoms with van der Waals surface area (Å²) in [6, 6.07) is 20.0. The van der Waals surface area contributed by atoms with Crippen LogP contribution in [0, 0.1) is 0 Å². The minimum Gasteiger partial charge on any atom is -0.504 e. The number of phenolic OH excluding ortho intramolecular Hbond substituents is 1. The van der Waals surface area contributed by atoms with Crippen molar-refractivity contribution in [2.45, 2.75) is 6.54 Å². The van der Waals surface area contributed by atoms with Crippen molar-refractivity contribution in [3.63, 3.8) is 0 Å². The molecule has 6 heteroatoms. The Bertz CT molecular complexity index is 1080. The summed E-state index contributed by atoms with van der Waals surface area (Å²) in [6.07, 6.45) is 1.51. The van der Waals surface area contributed by atoms with Gasteiger partial charge in [-0.05, 0) is 42.6 Å². The van der Waals surface area contributed by atoms with Crippen LogP contribution < -0.4 is 4.74 Å². The van der Waals surface area contributed by atoms with Gasteiger partial charge in [0, 0.05) is 31.4 Å². The molecule has 0 saturated heterocycles. The number of para-hydroxylation sites is 1. The van der Waals surface area contributed by atoms with Crippen LogP contribution in [0.15, 0.2) is 65.7 Å². The predicted octanol–water partition coefficient (Wildman–Crippen LogP) is 3.61. The highest BCUT2D eigenvalue weighted by Gasteiger charge is 2.09. The SMILES string of the molecule is COc1cccc(C=NCC(=O)CN(C)CCN(C)Cc2cccc3ccccc23)c1O. The molecule has 0 aliphatic heterocycles. The molecule has 32 heavy (non-hydrogen) atoms. The van der Waals surface area contributed by atoms with Gasteiger partial charge in [-0.15, -0.1) is 0 Å². The monoisotopic (exact) mass is 433 g/mol. The van der Waals surface area contributed by atoms with Crippen LogP contribution in [0.3, 0.4) is 0 Å². The normalized spacial score (nSPS) is 11.7. The Balaban J connectivity index is 1.44. The Morgan fingerprint density at radius 1 is 1.00 bits per heavy atom. The molecule has 3 aromatic rings. The lowest BCUT2D eigenvalue weighted by Gasteiger charge is -2.22. The number of aliphatic imine (C=N–C) groups is 1. The average molecular weight is 434 g/mol. The molecule has 0 aromatic heterocycles. The molecule has 0 atom stereocenters. The third-order valence-corrected chi connectivity index (χ3v) is 5.38. The minimum absolute atomic E-state index is 0.0255. The number of benzene rings is 3. The van der Waals surface area contributed by atoms with Crippen LogP contribution in [0.4, 0.5) is 0 Å². The van der Waals surface area contributed by atoms with E-state index in [1.807, 2.05) is 11.9 Å². The minimum atomic E-state index is 0.0255. The van der Waals surface area contributed by atoms with Crippen LogP contribution in [0.1, 0.15) is 11.1 Å². The maximum absolute atomic E-state index is 12.3. The Hall–Kier alpha value is -3.22. The molecule has 0 unspecified atom stereocenters. The number of carbonyl (C=O) groups excluding carboxylic acids is 1. The van der Waals surface area contributed by atoms with E-state index in [9.17, 15) is 9.90 Å². The molecule has 3 aromatic carbocycles. The number of ketones is 1. The summed E-state index contributed by atoms with van der Waals surface area (Å²) in [7, 11) is 5.54. The summed E-state index contributed by atoms with van der Waals surface area (Å²) in [5.41, 5.74) is 1.83. The van der Waals surface area contributed by atoms with Crippen LogP contribution in [-0.4, -0.2) is 74.3 Å². The van der Waals surface area contributed by atoms with Crippen LogP contribution in [0.5, 0.6) is 11.5 Å². The van der Waals surface area contributed by atoms with E-state index in [4.69, 9.17) is 4.74 Å². The van der Waals surface area contributed by atoms with Crippen molar-refractivity contribution in [1.29, 1.82) is 0 Å². The largest absolute Gasteiger partial charge is 0.504 e. The lowest BCUT2D eigenvalue weighted by molar-refractivity contribution is -0.118. The topological polar surface area (TPSA) is 65.4 Å². The molecule has 0 fully saturated rings. The molecule has 0 radical (unpaired) electrons. The Labute approximate surface area is 189 Å². The van der Waals surface area contributed by atoms with Crippen LogP contribution in [0.25, 0.3) is 10.8 Å². The molecule has 0 aliphatic rings. The summed E-state index contributed by atoms with van der Waals surface area (Å²) in [4.78, 5) is 20.7. The van der Waals surface area contributed by atoms with Crippen LogP contribution in [-0.2, 0) is 11.3 Å². The second kappa shape index (κ2) is 11.4. The lowest BCUT2D eigenvalue weighted by atomic mass is 10.0. The van der Waals surface area contributed by atoms with Gasteiger partial charge in [0.05, 0.1) is 20.2 Å². The van der Waals surface area contributed by atoms with E-state index in [1.54, 1.807) is 18.2 Å². The van der Waals surface area contributed by atoms with Gasteiger partial charge >= 0.3 is 0 Å². The third kappa shape index (κ3) is 6.39. The number of phenols is 1. The Kier molecular flexibility index (Phi) is 8.36. The molecule has 0 saturated carbocycles. The fourth-order valence-corrected chi connectivity index (χ4v) is 3.63. The van der Waals surface area contributed by atoms with Crippen molar-refractivity contribution >= 4 is 22.8 Å². The molecule has 0 heterocycles. The van der Waals surface area contributed by atoms with Gasteiger partial charge in [0.15, 0.2) is 17.3 Å². The zero-order valence-corrected chi connectivity index (χ0v) is 19.0. The van der Waals surface area contributed by atoms with E-state index in [-0.39, 0.29) is 18.1 Å². The molecular weight excluding hydrogens is 402 g/mol. The smallest absolute Gasteiger partial charge is 0.168 e. The number of Topliss-reactive ketones (excluding diaryl/α,β-unsaturated/α-hetero) is 1. The number of ether oxygens (including phenoxy) is 1. The summed E-state index contributed by atoms with van der Waals surface area (Å²) in [5, 5.41) is 12.6. The number of hydrogen-bond acceptors (Lipinski definition) is 6. The maximum atomic E-state index is 12.3. The summed E-state index contributed by atoms with van der Waals surface area (Å²) >= 11 is 0. The molecular formula is C26H31N3O3. The number of likely N-dealkylation sites (N-methyl/N-ethyl adjacent to an activating group) is 2. The zero-order chi connectivity index (χ0) is 22.9. The number of carbonyl (C=O) groups is 1. The van der Waals surface area contributed by atoms with Crippen LogP contribution in [0.2, 0.25) is 0 Å². The molecule has 168 valence electrons. The van der Waals surface area contributed by atoms with Crippen molar-refractivity contribution < 1.29 is 14.6 Å². The third-order valence-electron chi connectivity index (χ3n) is 5.38. The lowest BCUT2D eigenvalue weighted by Crippen LogP contribution is -2.34. The first-order valence-electron chi connectivity index (χ1n) is 10.7. The molecule has 0 spiro atoms. The van der Waals surface area contributed by atoms with Gasteiger partial charge in [0.25, 0.3) is 0 Å². The quantitative estimate of drug-likeness (QED) is 0.468. The summed E-state index contributed by atoms with van der Waals surface area (Å²) < 4.78 is 5.08. The highest BCUT2D eigenvalue weighted by atomic mass is 16.5. The molecule has 6 nitrogen and oxygen atoms in total. The van der Waals surface area contributed by atoms with Crippen molar-refractivity contribution in [1.82, 2.24) is 9.80 Å². The first-order chi connectivity index (χ1) is 15.5. The molecule has 0 amide bonds. The summed E-state index contributed by atoms with van der Waals surface area (Å²) in [6.45, 7) is 2.91. The van der Waals surface area contributed by atoms with E-state index in [2.05, 4.69) is 59.4 Å². The second-order valence-electron chi connectivity index (χ2n) is 8.02. The van der Waals surface area contributed by atoms with E-state index in [1.165, 1.54) is 29.7 Å². The van der Waals surface area contributed by atoms with Gasteiger partial charge in [0.2, 0.25) is 0 Å². The van der Waals surface area contributed by atoms with Gasteiger partial charge < -0.3 is 14.7 Å². The number of methoxy groups -OCH3 is 1. The van der Waals surface area contributed by atoms with E-state index in [0.29, 0.717) is 17.9 Å². The first-order valence-corrected chi connectivity index (χ1v) is 10.7. The Morgan fingerprint density at radius 3 is 2.53 bits per heavy atom. The van der Waals surface area contributed by atoms with Gasteiger partial charge in [-0.25, -0.2) is 0 Å². The molecule has 0 aliphatic carbocycles. The second-order valence-corrected chi connectivity index (χ2v) is 8.02. The standard InChI is InChI=1S/C26H31N3O3/c1-28(18-22-11-6-9-20-8-4-5-12-24(20)22)14-15-29(2)19-23(30)17-27-16-21-10-7-13-25(32-3)26(21)31/h4-13,16,31H,14-15,17-19H2,1-3H3. The maximum Gasteiger partial charge on any atom is 0.168 e. The zero-order valence-electron chi connectivity index (χ0n) is 19.0. The van der Waals surface area contributed by atoms with Gasteiger partial charge in [-0.1, -0.05) is 48.5 Å². The number of hydrogen-bond donors (Lipinski definition) is 1. The Morgan fingerprint density at radius 2 is 1.72 bits per heavy atom. The van der Waals surface area contributed by atoms with Crippen molar-refractivity contribution in [2.75, 3.05) is 47.4 Å². The molecule has 0 bridgehead atoms. The first kappa shape index (κ1) is 23.4. The van der Waals surface area contributed by atoms with Gasteiger partial charge in [0.1, 0.15) is 0 Å². The number of nitrogens with zero attached hydrogens (tertiary/aromatic N) is 3. The van der Waals surface area contributed by atoms with E-state index < -0.39 is 0 Å². The van der Waals surface area contributed by atoms with Crippen molar-refractivity contribution in [2.24, 2.45) is 4.99 Å². The van der Waals surface area contributed by atoms with Crippen molar-refractivity contribution in [3.8, 4) is 11.5 Å². The van der Waals surface area contributed by atoms with E-state index in [0.717, 1.165) is 19.6 Å². The predicted molar refractivity (Wildman–Crippen MR) is 130 cm³/mol. The van der Waals surface area contributed by atoms with Gasteiger partial charge in [-0.2, -0.15) is 0 Å². The molecule has 1 N–H and O–H groups in total. The highest BCUT2D eigenvalue weighted by Crippen LogP contribution is 2.28. The molecule has 3 rings (SSSR count). The fraction of sp³-hybridized carbons (Fsp3) is 0.308. The number of rotatable bonds is 11. The van der Waals surface area contributed by atoms with Gasteiger partial charge in [-0.3, -0.25) is 14.7 Å².